The molecule has 3 rings (SSSR count). The van der Waals surface area contributed by atoms with Gasteiger partial charge in [0, 0.05) is 31.2 Å². The Kier molecular flexibility index (Phi) is 5.66. The van der Waals surface area contributed by atoms with E-state index in [1.165, 1.54) is 13.4 Å². The zero-order chi connectivity index (χ0) is 20.1. The number of rotatable bonds is 7. The third-order valence-electron chi connectivity index (χ3n) is 3.66. The number of hydrogen-bond acceptors (Lipinski definition) is 7. The van der Waals surface area contributed by atoms with Gasteiger partial charge in [-0.25, -0.2) is 23.1 Å². The zero-order valence-corrected chi connectivity index (χ0v) is 16.0. The van der Waals surface area contributed by atoms with Crippen molar-refractivity contribution in [3.8, 4) is 17.4 Å². The number of likely N-dealkylation sites (N-methyl/N-ethyl adjacent to an activating group) is 1. The van der Waals surface area contributed by atoms with E-state index in [1.807, 2.05) is 0 Å². The van der Waals surface area contributed by atoms with Gasteiger partial charge in [-0.2, -0.15) is 9.40 Å². The van der Waals surface area contributed by atoms with E-state index in [1.54, 1.807) is 53.5 Å². The molecular formula is C17H18N6O4S. The van der Waals surface area contributed by atoms with Gasteiger partial charge in [0.1, 0.15) is 12.1 Å². The van der Waals surface area contributed by atoms with Crippen LogP contribution in [0, 0.1) is 0 Å². The minimum absolute atomic E-state index is 0.270. The molecule has 28 heavy (non-hydrogen) atoms. The Hall–Kier alpha value is -3.31. The van der Waals surface area contributed by atoms with Crippen LogP contribution in [0.4, 0.5) is 5.69 Å². The van der Waals surface area contributed by atoms with Crippen LogP contribution in [0.2, 0.25) is 0 Å². The lowest BCUT2D eigenvalue weighted by Gasteiger charge is -2.13. The van der Waals surface area contributed by atoms with Gasteiger partial charge in [-0.05, 0) is 30.3 Å². The molecule has 0 spiro atoms. The van der Waals surface area contributed by atoms with Gasteiger partial charge in [-0.15, -0.1) is 0 Å². The van der Waals surface area contributed by atoms with Crippen molar-refractivity contribution in [2.45, 2.75) is 0 Å². The first-order valence-electron chi connectivity index (χ1n) is 8.12. The Morgan fingerprint density at radius 1 is 1.25 bits per heavy atom. The Labute approximate surface area is 161 Å². The monoisotopic (exact) mass is 402 g/mol. The molecule has 0 atom stereocenters. The second-order valence-corrected chi connectivity index (χ2v) is 7.95. The topological polar surface area (TPSA) is 119 Å². The Bertz CT molecular complexity index is 1050. The van der Waals surface area contributed by atoms with Crippen molar-refractivity contribution in [2.75, 3.05) is 25.2 Å². The van der Waals surface area contributed by atoms with E-state index in [4.69, 9.17) is 4.74 Å². The fraction of sp³-hybridized carbons (Fsp3) is 0.176. The smallest absolute Gasteiger partial charge is 0.239 e. The van der Waals surface area contributed by atoms with Crippen LogP contribution in [0.15, 0.2) is 55.1 Å². The molecule has 0 aliphatic rings. The molecule has 0 radical (unpaired) electrons. The van der Waals surface area contributed by atoms with Crippen molar-refractivity contribution in [1.82, 2.24) is 24.1 Å². The summed E-state index contributed by atoms with van der Waals surface area (Å²) in [6.07, 6.45) is 5.81. The standard InChI is InChI=1S/C17H18N6O4S/c1-22(28(2,25)26)11-16(24)21-13-4-6-14(7-5-13)27-17-10-15(18-12-19-17)23-9-3-8-20-23/h3-10,12H,11H2,1-2H3,(H,21,24). The Morgan fingerprint density at radius 3 is 2.64 bits per heavy atom. The summed E-state index contributed by atoms with van der Waals surface area (Å²) < 4.78 is 30.9. The van der Waals surface area contributed by atoms with Gasteiger partial charge in [0.25, 0.3) is 0 Å². The maximum atomic E-state index is 11.9. The number of benzene rings is 1. The first-order valence-corrected chi connectivity index (χ1v) is 9.97. The number of sulfonamides is 1. The second kappa shape index (κ2) is 8.15. The predicted octanol–water partition coefficient (Wildman–Crippen LogP) is 1.28. The number of nitrogens with one attached hydrogen (secondary N) is 1. The summed E-state index contributed by atoms with van der Waals surface area (Å²) in [5, 5.41) is 6.72. The number of anilines is 1. The van der Waals surface area contributed by atoms with Gasteiger partial charge in [-0.1, -0.05) is 0 Å². The average molecular weight is 402 g/mol. The third-order valence-corrected chi connectivity index (χ3v) is 4.92. The lowest BCUT2D eigenvalue weighted by molar-refractivity contribution is -0.116. The molecular weight excluding hydrogens is 384 g/mol. The summed E-state index contributed by atoms with van der Waals surface area (Å²) in [6.45, 7) is -0.270. The molecule has 146 valence electrons. The SMILES string of the molecule is CN(CC(=O)Nc1ccc(Oc2cc(-n3cccn3)ncn2)cc1)S(C)(=O)=O. The minimum atomic E-state index is -3.42. The van der Waals surface area contributed by atoms with Crippen molar-refractivity contribution >= 4 is 21.6 Å². The normalized spacial score (nSPS) is 11.4. The molecule has 0 saturated carbocycles. The van der Waals surface area contributed by atoms with Crippen LogP contribution in [0.25, 0.3) is 5.82 Å². The van der Waals surface area contributed by atoms with Gasteiger partial charge in [0.05, 0.1) is 12.8 Å². The lowest BCUT2D eigenvalue weighted by Crippen LogP contribution is -2.34. The number of ether oxygens (including phenoxy) is 1. The largest absolute Gasteiger partial charge is 0.439 e. The van der Waals surface area contributed by atoms with Crippen molar-refractivity contribution in [1.29, 1.82) is 0 Å². The molecule has 10 nitrogen and oxygen atoms in total. The minimum Gasteiger partial charge on any atom is -0.439 e. The summed E-state index contributed by atoms with van der Waals surface area (Å²) in [4.78, 5) is 20.1. The molecule has 2 heterocycles. The van der Waals surface area contributed by atoms with E-state index < -0.39 is 15.9 Å². The molecule has 3 aromatic rings. The molecule has 0 aliphatic carbocycles. The molecule has 0 aliphatic heterocycles. The molecule has 0 saturated heterocycles. The molecule has 1 N–H and O–H groups in total. The van der Waals surface area contributed by atoms with Crippen LogP contribution >= 0.6 is 0 Å². The van der Waals surface area contributed by atoms with E-state index in [-0.39, 0.29) is 6.54 Å². The van der Waals surface area contributed by atoms with Crippen LogP contribution in [0.3, 0.4) is 0 Å². The highest BCUT2D eigenvalue weighted by molar-refractivity contribution is 7.88. The molecule has 1 amide bonds. The zero-order valence-electron chi connectivity index (χ0n) is 15.2. The van der Waals surface area contributed by atoms with Gasteiger partial charge in [0.2, 0.25) is 21.8 Å². The van der Waals surface area contributed by atoms with Crippen LogP contribution in [0.1, 0.15) is 0 Å². The summed E-state index contributed by atoms with van der Waals surface area (Å²) >= 11 is 0. The van der Waals surface area contributed by atoms with E-state index in [0.29, 0.717) is 23.1 Å². The maximum absolute atomic E-state index is 11.9. The maximum Gasteiger partial charge on any atom is 0.239 e. The second-order valence-electron chi connectivity index (χ2n) is 5.86. The van der Waals surface area contributed by atoms with Crippen molar-refractivity contribution < 1.29 is 17.9 Å². The molecule has 0 fully saturated rings. The van der Waals surface area contributed by atoms with E-state index in [9.17, 15) is 13.2 Å². The molecule has 11 heteroatoms. The lowest BCUT2D eigenvalue weighted by atomic mass is 10.3. The summed E-state index contributed by atoms with van der Waals surface area (Å²) in [6, 6.07) is 10.0. The molecule has 0 bridgehead atoms. The number of carbonyl (C=O) groups is 1. The predicted molar refractivity (Wildman–Crippen MR) is 102 cm³/mol. The number of hydrogen-bond donors (Lipinski definition) is 1. The highest BCUT2D eigenvalue weighted by Crippen LogP contribution is 2.22. The summed E-state index contributed by atoms with van der Waals surface area (Å²) in [5.41, 5.74) is 0.513. The van der Waals surface area contributed by atoms with Gasteiger partial charge < -0.3 is 10.1 Å². The van der Waals surface area contributed by atoms with Crippen molar-refractivity contribution in [3.05, 3.63) is 55.1 Å². The highest BCUT2D eigenvalue weighted by Gasteiger charge is 2.15. The van der Waals surface area contributed by atoms with Gasteiger partial charge in [-0.3, -0.25) is 4.79 Å². The number of carbonyl (C=O) groups excluding carboxylic acids is 1. The van der Waals surface area contributed by atoms with Crippen molar-refractivity contribution in [3.63, 3.8) is 0 Å². The Morgan fingerprint density at radius 2 is 2.00 bits per heavy atom. The van der Waals surface area contributed by atoms with Crippen LogP contribution in [-0.2, 0) is 14.8 Å². The first-order chi connectivity index (χ1) is 13.3. The van der Waals surface area contributed by atoms with Crippen LogP contribution in [-0.4, -0.2) is 58.2 Å². The van der Waals surface area contributed by atoms with E-state index in [0.717, 1.165) is 10.6 Å². The molecule has 0 unspecified atom stereocenters. The quantitative estimate of drug-likeness (QED) is 0.632. The molecule has 1 aromatic carbocycles. The third kappa shape index (κ3) is 5.11. The van der Waals surface area contributed by atoms with Gasteiger partial charge >= 0.3 is 0 Å². The molecule has 2 aromatic heterocycles. The first kappa shape index (κ1) is 19.5. The Balaban J connectivity index is 1.62. The highest BCUT2D eigenvalue weighted by atomic mass is 32.2. The van der Waals surface area contributed by atoms with E-state index >= 15 is 0 Å². The van der Waals surface area contributed by atoms with Crippen LogP contribution < -0.4 is 10.1 Å². The van der Waals surface area contributed by atoms with E-state index in [2.05, 4.69) is 20.4 Å². The van der Waals surface area contributed by atoms with Crippen LogP contribution in [0.5, 0.6) is 11.6 Å². The van der Waals surface area contributed by atoms with Crippen molar-refractivity contribution in [2.24, 2.45) is 0 Å². The fourth-order valence-electron chi connectivity index (χ4n) is 2.16. The number of nitrogens with zero attached hydrogens (tertiary/aromatic N) is 5. The average Bonchev–Trinajstić information content (AvgIpc) is 3.17. The number of amides is 1. The van der Waals surface area contributed by atoms with Gasteiger partial charge in [0.15, 0.2) is 5.82 Å². The summed E-state index contributed by atoms with van der Waals surface area (Å²) in [7, 11) is -2.08. The number of aromatic nitrogens is 4. The summed E-state index contributed by atoms with van der Waals surface area (Å²) in [5.74, 6) is 0.971. The fourth-order valence-corrected chi connectivity index (χ4v) is 2.51.